The molecule has 0 atom stereocenters. The molecular formula is C6H5N3S. The van der Waals surface area contributed by atoms with Gasteiger partial charge in [-0.15, -0.1) is 16.9 Å². The average Bonchev–Trinajstić information content (AvgIpc) is 2.28. The molecule has 2 heterocycles. The van der Waals surface area contributed by atoms with Crippen LogP contribution >= 0.6 is 11.8 Å². The van der Waals surface area contributed by atoms with Gasteiger partial charge >= 0.3 is 0 Å². The highest BCUT2D eigenvalue weighted by Gasteiger charge is 2.11. The maximum absolute atomic E-state index is 4.07. The number of azo groups is 1. The zero-order valence-corrected chi connectivity index (χ0v) is 6.01. The Labute approximate surface area is 62.6 Å². The molecule has 0 aliphatic carbocycles. The Bertz CT molecular complexity index is 262. The minimum Gasteiger partial charge on any atom is -0.235 e. The average molecular weight is 151 g/mol. The number of thioether (sulfide) groups is 1. The van der Waals surface area contributed by atoms with Crippen molar-refractivity contribution in [2.75, 3.05) is 5.75 Å². The van der Waals surface area contributed by atoms with E-state index in [9.17, 15) is 0 Å². The van der Waals surface area contributed by atoms with E-state index in [0.717, 1.165) is 17.2 Å². The Morgan fingerprint density at radius 3 is 3.50 bits per heavy atom. The van der Waals surface area contributed by atoms with Gasteiger partial charge in [0.05, 0.1) is 6.20 Å². The van der Waals surface area contributed by atoms with E-state index in [4.69, 9.17) is 0 Å². The van der Waals surface area contributed by atoms with Crippen LogP contribution in [0.2, 0.25) is 0 Å². The Morgan fingerprint density at radius 1 is 1.50 bits per heavy atom. The fraction of sp³-hybridized carbons (Fsp3) is 0.167. The van der Waals surface area contributed by atoms with E-state index < -0.39 is 0 Å². The number of aliphatic imine (C=N–C) groups is 1. The third-order valence-electron chi connectivity index (χ3n) is 1.25. The summed E-state index contributed by atoms with van der Waals surface area (Å²) < 4.78 is 0. The van der Waals surface area contributed by atoms with Gasteiger partial charge in [-0.1, -0.05) is 0 Å². The Hall–Kier alpha value is -0.900. The number of hydrogen-bond donors (Lipinski definition) is 0. The largest absolute Gasteiger partial charge is 0.235 e. The second-order valence-corrected chi connectivity index (χ2v) is 2.81. The maximum atomic E-state index is 4.07. The standard InChI is InChI=1S/C6H5N3S/c1-2-10-4-5-3-8-9-6(5)7-1/h1-3H,4H2. The van der Waals surface area contributed by atoms with Crippen LogP contribution in [-0.4, -0.2) is 11.6 Å². The molecule has 0 aromatic rings. The molecule has 0 N–H and O–H groups in total. The second kappa shape index (κ2) is 2.38. The maximum Gasteiger partial charge on any atom is 0.180 e. The number of rotatable bonds is 0. The topological polar surface area (TPSA) is 37.1 Å². The van der Waals surface area contributed by atoms with Crippen molar-refractivity contribution in [3.8, 4) is 0 Å². The van der Waals surface area contributed by atoms with E-state index in [-0.39, 0.29) is 0 Å². The molecule has 0 unspecified atom stereocenters. The van der Waals surface area contributed by atoms with Gasteiger partial charge in [0.1, 0.15) is 0 Å². The Balaban J connectivity index is 2.36. The molecule has 0 amide bonds. The summed E-state index contributed by atoms with van der Waals surface area (Å²) in [4.78, 5) is 4.07. The van der Waals surface area contributed by atoms with Gasteiger partial charge in [-0.25, -0.2) is 4.99 Å². The number of amidine groups is 1. The normalized spacial score (nSPS) is 21.6. The van der Waals surface area contributed by atoms with Crippen molar-refractivity contribution in [1.29, 1.82) is 0 Å². The first-order valence-electron chi connectivity index (χ1n) is 2.91. The van der Waals surface area contributed by atoms with Crippen LogP contribution in [0.4, 0.5) is 0 Å². The minimum absolute atomic E-state index is 0.765. The van der Waals surface area contributed by atoms with Crippen LogP contribution in [0.1, 0.15) is 0 Å². The predicted molar refractivity (Wildman–Crippen MR) is 42.0 cm³/mol. The third-order valence-corrected chi connectivity index (χ3v) is 2.04. The molecule has 50 valence electrons. The molecule has 2 aliphatic heterocycles. The monoisotopic (exact) mass is 151 g/mol. The molecule has 0 aromatic carbocycles. The summed E-state index contributed by atoms with van der Waals surface area (Å²) >= 11 is 1.71. The predicted octanol–water partition coefficient (Wildman–Crippen LogP) is 1.95. The van der Waals surface area contributed by atoms with Crippen molar-refractivity contribution in [2.45, 2.75) is 0 Å². The molecule has 2 rings (SSSR count). The van der Waals surface area contributed by atoms with Crippen LogP contribution in [0, 0.1) is 0 Å². The van der Waals surface area contributed by atoms with E-state index in [1.54, 1.807) is 24.2 Å². The summed E-state index contributed by atoms with van der Waals surface area (Å²) in [5.74, 6) is 1.70. The van der Waals surface area contributed by atoms with Gasteiger partial charge in [0.15, 0.2) is 5.84 Å². The summed E-state index contributed by atoms with van der Waals surface area (Å²) in [6.45, 7) is 0. The second-order valence-electron chi connectivity index (χ2n) is 1.92. The Morgan fingerprint density at radius 2 is 2.50 bits per heavy atom. The van der Waals surface area contributed by atoms with Crippen LogP contribution in [0.15, 0.2) is 38.6 Å². The van der Waals surface area contributed by atoms with Gasteiger partial charge in [0.25, 0.3) is 0 Å². The number of fused-ring (bicyclic) bond motifs is 1. The van der Waals surface area contributed by atoms with E-state index >= 15 is 0 Å². The van der Waals surface area contributed by atoms with Crippen LogP contribution in [-0.2, 0) is 0 Å². The smallest absolute Gasteiger partial charge is 0.180 e. The lowest BCUT2D eigenvalue weighted by atomic mass is 10.3. The summed E-state index contributed by atoms with van der Waals surface area (Å²) in [5, 5.41) is 9.55. The molecule has 4 heteroatoms. The first kappa shape index (κ1) is 5.85. The van der Waals surface area contributed by atoms with Crippen molar-refractivity contribution >= 4 is 17.6 Å². The van der Waals surface area contributed by atoms with Crippen molar-refractivity contribution < 1.29 is 0 Å². The molecule has 0 aromatic heterocycles. The van der Waals surface area contributed by atoms with E-state index in [1.165, 1.54) is 0 Å². The lowest BCUT2D eigenvalue weighted by Crippen LogP contribution is -1.95. The van der Waals surface area contributed by atoms with Crippen molar-refractivity contribution in [2.24, 2.45) is 15.2 Å². The molecular weight excluding hydrogens is 146 g/mol. The van der Waals surface area contributed by atoms with Crippen molar-refractivity contribution in [1.82, 2.24) is 0 Å². The summed E-state index contributed by atoms with van der Waals surface area (Å²) in [6, 6.07) is 0. The highest BCUT2D eigenvalue weighted by atomic mass is 32.2. The molecule has 0 saturated carbocycles. The van der Waals surface area contributed by atoms with Gasteiger partial charge in [-0.05, 0) is 5.41 Å². The highest BCUT2D eigenvalue weighted by Crippen LogP contribution is 2.19. The third kappa shape index (κ3) is 0.903. The fourth-order valence-electron chi connectivity index (χ4n) is 0.768. The molecule has 10 heavy (non-hydrogen) atoms. The fourth-order valence-corrected chi connectivity index (χ4v) is 1.39. The van der Waals surface area contributed by atoms with Gasteiger partial charge < -0.3 is 0 Å². The van der Waals surface area contributed by atoms with E-state index in [1.807, 2.05) is 5.41 Å². The highest BCUT2D eigenvalue weighted by molar-refractivity contribution is 8.02. The van der Waals surface area contributed by atoms with Crippen LogP contribution in [0.3, 0.4) is 0 Å². The van der Waals surface area contributed by atoms with Gasteiger partial charge in [0, 0.05) is 17.5 Å². The molecule has 0 fully saturated rings. The first-order chi connectivity index (χ1) is 4.97. The summed E-state index contributed by atoms with van der Waals surface area (Å²) in [5.41, 5.74) is 1.12. The number of hydrogen-bond acceptors (Lipinski definition) is 4. The quantitative estimate of drug-likeness (QED) is 0.521. The summed E-state index contributed by atoms with van der Waals surface area (Å²) in [7, 11) is 0. The zero-order valence-electron chi connectivity index (χ0n) is 5.19. The lowest BCUT2D eigenvalue weighted by molar-refractivity contribution is 1.32. The van der Waals surface area contributed by atoms with E-state index in [2.05, 4.69) is 15.2 Å². The minimum atomic E-state index is 0.765. The van der Waals surface area contributed by atoms with Crippen LogP contribution in [0.5, 0.6) is 0 Å². The first-order valence-corrected chi connectivity index (χ1v) is 3.96. The molecule has 0 radical (unpaired) electrons. The molecule has 0 saturated heterocycles. The van der Waals surface area contributed by atoms with Gasteiger partial charge in [-0.2, -0.15) is 5.11 Å². The van der Waals surface area contributed by atoms with Crippen LogP contribution < -0.4 is 0 Å². The van der Waals surface area contributed by atoms with E-state index in [0.29, 0.717) is 0 Å². The van der Waals surface area contributed by atoms with Crippen molar-refractivity contribution in [3.63, 3.8) is 0 Å². The molecule has 0 bridgehead atoms. The zero-order chi connectivity index (χ0) is 6.81. The summed E-state index contributed by atoms with van der Waals surface area (Å²) in [6.07, 6.45) is 3.52. The lowest BCUT2D eigenvalue weighted by Gasteiger charge is -1.91. The molecule has 2 aliphatic rings. The molecule has 3 nitrogen and oxygen atoms in total. The SMILES string of the molecule is C1=CSCC2=CN=NC2=N1. The van der Waals surface area contributed by atoms with Gasteiger partial charge in [-0.3, -0.25) is 0 Å². The van der Waals surface area contributed by atoms with Gasteiger partial charge in [0.2, 0.25) is 0 Å². The van der Waals surface area contributed by atoms with Crippen LogP contribution in [0.25, 0.3) is 0 Å². The molecule has 0 spiro atoms. The number of nitrogens with zero attached hydrogens (tertiary/aromatic N) is 3. The van der Waals surface area contributed by atoms with Crippen molar-refractivity contribution in [3.05, 3.63) is 23.4 Å². The Kier molecular flexibility index (Phi) is 1.39.